The summed E-state index contributed by atoms with van der Waals surface area (Å²) in [6.45, 7) is 1.51. The molecule has 2 aromatic rings. The van der Waals surface area contributed by atoms with Crippen molar-refractivity contribution in [1.82, 2.24) is 9.88 Å². The van der Waals surface area contributed by atoms with E-state index in [-0.39, 0.29) is 17.3 Å². The third kappa shape index (κ3) is 2.48. The molecule has 2 fully saturated rings. The molecule has 1 aromatic heterocycles. The molecule has 0 bridgehead atoms. The van der Waals surface area contributed by atoms with E-state index in [0.717, 1.165) is 48.9 Å². The van der Waals surface area contributed by atoms with Crippen LogP contribution in [0, 0.1) is 11.2 Å². The molecule has 5 nitrogen and oxygen atoms in total. The highest BCUT2D eigenvalue weighted by atomic mass is 19.1. The number of primary amides is 1. The van der Waals surface area contributed by atoms with Crippen LogP contribution in [-0.2, 0) is 0 Å². The quantitative estimate of drug-likeness (QED) is 0.895. The molecule has 3 N–H and O–H groups in total. The molecule has 1 saturated heterocycles. The van der Waals surface area contributed by atoms with Crippen LogP contribution in [0.2, 0.25) is 0 Å². The second kappa shape index (κ2) is 5.08. The summed E-state index contributed by atoms with van der Waals surface area (Å²) in [5.41, 5.74) is 7.23. The number of hydrogen-bond donors (Lipinski definition) is 2. The summed E-state index contributed by atoms with van der Waals surface area (Å²) in [4.78, 5) is 17.1. The highest BCUT2D eigenvalue weighted by molar-refractivity contribution is 5.91. The second-order valence-corrected chi connectivity index (χ2v) is 6.80. The van der Waals surface area contributed by atoms with Gasteiger partial charge in [-0.05, 0) is 43.5 Å². The summed E-state index contributed by atoms with van der Waals surface area (Å²) in [6, 6.07) is 6.54. The zero-order chi connectivity index (χ0) is 16.0. The number of benzene rings is 1. The fraction of sp³-hybridized carbons (Fsp3) is 0.412. The Kier molecular flexibility index (Phi) is 3.14. The highest BCUT2D eigenvalue weighted by Crippen LogP contribution is 2.46. The molecule has 4 rings (SSSR count). The van der Waals surface area contributed by atoms with Crippen molar-refractivity contribution in [3.63, 3.8) is 0 Å². The lowest BCUT2D eigenvalue weighted by molar-refractivity contribution is 0.0404. The molecule has 1 aliphatic carbocycles. The van der Waals surface area contributed by atoms with Gasteiger partial charge >= 0.3 is 6.03 Å². The predicted octanol–water partition coefficient (Wildman–Crippen LogP) is 2.72. The molecule has 0 radical (unpaired) electrons. The van der Waals surface area contributed by atoms with Crippen molar-refractivity contribution in [3.05, 3.63) is 36.3 Å². The number of nitrogens with two attached hydrogens (primary N) is 1. The largest absolute Gasteiger partial charge is 0.382 e. The lowest BCUT2D eigenvalue weighted by Crippen LogP contribution is -2.59. The van der Waals surface area contributed by atoms with Gasteiger partial charge in [-0.2, -0.15) is 0 Å². The zero-order valence-electron chi connectivity index (χ0n) is 12.8. The fourth-order valence-corrected chi connectivity index (χ4v) is 4.00. The van der Waals surface area contributed by atoms with Gasteiger partial charge in [0.05, 0.1) is 5.52 Å². The maximum atomic E-state index is 13.5. The van der Waals surface area contributed by atoms with Gasteiger partial charge in [-0.3, -0.25) is 4.98 Å². The van der Waals surface area contributed by atoms with E-state index in [1.54, 1.807) is 17.2 Å². The maximum Gasteiger partial charge on any atom is 0.314 e. The molecule has 1 saturated carbocycles. The number of aromatic nitrogens is 1. The molecule has 2 amide bonds. The number of likely N-dealkylation sites (tertiary alicyclic amines) is 1. The summed E-state index contributed by atoms with van der Waals surface area (Å²) in [5.74, 6) is -0.257. The first kappa shape index (κ1) is 14.2. The van der Waals surface area contributed by atoms with Crippen LogP contribution in [0.15, 0.2) is 30.5 Å². The maximum absolute atomic E-state index is 13.5. The minimum Gasteiger partial charge on any atom is -0.382 e. The molecule has 1 spiro atoms. The molecule has 1 atom stereocenters. The number of nitrogens with zero attached hydrogens (tertiary/aromatic N) is 2. The average Bonchev–Trinajstić information content (AvgIpc) is 2.90. The Morgan fingerprint density at radius 1 is 1.39 bits per heavy atom. The Hall–Kier alpha value is -2.37. The van der Waals surface area contributed by atoms with E-state index in [4.69, 9.17) is 5.73 Å². The number of carbonyl (C=O) groups excluding carboxylic acids is 1. The van der Waals surface area contributed by atoms with Gasteiger partial charge in [0.1, 0.15) is 5.82 Å². The van der Waals surface area contributed by atoms with E-state index in [1.165, 1.54) is 12.1 Å². The topological polar surface area (TPSA) is 71.2 Å². The summed E-state index contributed by atoms with van der Waals surface area (Å²) in [7, 11) is 0. The number of nitrogens with one attached hydrogen (secondary N) is 1. The van der Waals surface area contributed by atoms with Crippen molar-refractivity contribution < 1.29 is 9.18 Å². The lowest BCUT2D eigenvalue weighted by atomic mass is 9.78. The first-order valence-corrected chi connectivity index (χ1v) is 7.90. The molecule has 2 aliphatic rings. The number of carbonyl (C=O) groups is 1. The normalized spacial score (nSPS) is 22.3. The number of halogens is 1. The van der Waals surface area contributed by atoms with Gasteiger partial charge in [0.25, 0.3) is 0 Å². The average molecular weight is 314 g/mol. The Balaban J connectivity index is 1.50. The summed E-state index contributed by atoms with van der Waals surface area (Å²) >= 11 is 0. The molecule has 1 aliphatic heterocycles. The van der Waals surface area contributed by atoms with E-state index in [9.17, 15) is 9.18 Å². The second-order valence-electron chi connectivity index (χ2n) is 6.80. The van der Waals surface area contributed by atoms with Crippen LogP contribution in [0.1, 0.15) is 19.3 Å². The predicted molar refractivity (Wildman–Crippen MR) is 86.6 cm³/mol. The van der Waals surface area contributed by atoms with Gasteiger partial charge in [-0.25, -0.2) is 9.18 Å². The molecule has 23 heavy (non-hydrogen) atoms. The van der Waals surface area contributed by atoms with Crippen LogP contribution in [0.3, 0.4) is 0 Å². The first-order valence-electron chi connectivity index (χ1n) is 7.90. The number of pyridine rings is 1. The monoisotopic (exact) mass is 314 g/mol. The summed E-state index contributed by atoms with van der Waals surface area (Å²) < 4.78 is 13.5. The van der Waals surface area contributed by atoms with E-state index in [1.807, 2.05) is 6.07 Å². The standard InChI is InChI=1S/C17H19FN4O/c18-11-1-2-14-13(7-11)15(4-6-20-14)21-12-3-5-17(8-12)9-22(10-17)16(19)23/h1-2,4,6-7,12H,3,5,8-10H2,(H2,19,23)(H,20,21). The number of fused-ring (bicyclic) bond motifs is 1. The van der Waals surface area contributed by atoms with Crippen LogP contribution in [0.25, 0.3) is 10.9 Å². The van der Waals surface area contributed by atoms with E-state index >= 15 is 0 Å². The number of rotatable bonds is 2. The molecule has 1 aromatic carbocycles. The number of urea groups is 1. The molecule has 120 valence electrons. The van der Waals surface area contributed by atoms with Crippen molar-refractivity contribution in [1.29, 1.82) is 0 Å². The molecule has 2 heterocycles. The van der Waals surface area contributed by atoms with Gasteiger partial charge < -0.3 is 16.0 Å². The lowest BCUT2D eigenvalue weighted by Gasteiger charge is -2.47. The van der Waals surface area contributed by atoms with Crippen LogP contribution in [0.4, 0.5) is 14.9 Å². The van der Waals surface area contributed by atoms with Crippen molar-refractivity contribution in [3.8, 4) is 0 Å². The Bertz CT molecular complexity index is 772. The number of anilines is 1. The van der Waals surface area contributed by atoms with E-state index in [0.29, 0.717) is 6.04 Å². The van der Waals surface area contributed by atoms with Crippen LogP contribution in [0.5, 0.6) is 0 Å². The zero-order valence-corrected chi connectivity index (χ0v) is 12.8. The van der Waals surface area contributed by atoms with E-state index in [2.05, 4.69) is 10.3 Å². The van der Waals surface area contributed by atoms with Gasteiger partial charge in [-0.1, -0.05) is 0 Å². The van der Waals surface area contributed by atoms with Crippen molar-refractivity contribution >= 4 is 22.6 Å². The SMILES string of the molecule is NC(=O)N1CC2(CCC(Nc3ccnc4ccc(F)cc34)C2)C1. The molecule has 6 heteroatoms. The van der Waals surface area contributed by atoms with Gasteiger partial charge in [0.15, 0.2) is 0 Å². The van der Waals surface area contributed by atoms with Crippen molar-refractivity contribution in [2.24, 2.45) is 11.1 Å². The highest BCUT2D eigenvalue weighted by Gasteiger charge is 2.49. The third-order valence-electron chi connectivity index (χ3n) is 5.13. The van der Waals surface area contributed by atoms with Crippen molar-refractivity contribution in [2.45, 2.75) is 25.3 Å². The first-order chi connectivity index (χ1) is 11.0. The third-order valence-corrected chi connectivity index (χ3v) is 5.13. The van der Waals surface area contributed by atoms with E-state index < -0.39 is 0 Å². The minimum atomic E-state index is -0.331. The smallest absolute Gasteiger partial charge is 0.314 e. The van der Waals surface area contributed by atoms with Crippen LogP contribution < -0.4 is 11.1 Å². The molecule has 1 unspecified atom stereocenters. The Morgan fingerprint density at radius 3 is 3.00 bits per heavy atom. The Morgan fingerprint density at radius 2 is 2.22 bits per heavy atom. The van der Waals surface area contributed by atoms with Gasteiger partial charge in [0.2, 0.25) is 0 Å². The number of amides is 2. The fourth-order valence-electron chi connectivity index (χ4n) is 4.00. The van der Waals surface area contributed by atoms with Gasteiger partial charge in [0, 0.05) is 41.8 Å². The van der Waals surface area contributed by atoms with Crippen molar-refractivity contribution in [2.75, 3.05) is 18.4 Å². The van der Waals surface area contributed by atoms with Crippen LogP contribution >= 0.6 is 0 Å². The van der Waals surface area contributed by atoms with Crippen LogP contribution in [-0.4, -0.2) is 35.0 Å². The summed E-state index contributed by atoms with van der Waals surface area (Å²) in [5, 5.41) is 4.34. The molecular formula is C17H19FN4O. The Labute approximate surface area is 133 Å². The van der Waals surface area contributed by atoms with Gasteiger partial charge in [-0.15, -0.1) is 0 Å². The molecular weight excluding hydrogens is 295 g/mol. The summed E-state index contributed by atoms with van der Waals surface area (Å²) in [6.07, 6.45) is 4.89. The number of hydrogen-bond acceptors (Lipinski definition) is 3. The minimum absolute atomic E-state index is 0.209.